The summed E-state index contributed by atoms with van der Waals surface area (Å²) >= 11 is 0. The van der Waals surface area contributed by atoms with Crippen molar-refractivity contribution in [2.75, 3.05) is 30.9 Å². The van der Waals surface area contributed by atoms with E-state index in [4.69, 9.17) is 4.74 Å². The van der Waals surface area contributed by atoms with Crippen LogP contribution < -0.4 is 15.0 Å². The lowest BCUT2D eigenvalue weighted by Gasteiger charge is -2.17. The first-order valence-electron chi connectivity index (χ1n) is 8.05. The van der Waals surface area contributed by atoms with Gasteiger partial charge in [-0.3, -0.25) is 4.79 Å². The Morgan fingerprint density at radius 3 is 2.58 bits per heavy atom. The van der Waals surface area contributed by atoms with Gasteiger partial charge in [-0.25, -0.2) is 9.97 Å². The third kappa shape index (κ3) is 4.68. The molecule has 1 N–H and O–H groups in total. The van der Waals surface area contributed by atoms with Crippen LogP contribution in [-0.4, -0.2) is 36.6 Å². The van der Waals surface area contributed by atoms with Gasteiger partial charge in [-0.05, 0) is 43.7 Å². The van der Waals surface area contributed by atoms with Crippen LogP contribution in [0.25, 0.3) is 0 Å². The number of hydrogen-bond acceptors (Lipinski definition) is 5. The molecular weight excluding hydrogens is 304 g/mol. The van der Waals surface area contributed by atoms with Gasteiger partial charge in [-0.15, -0.1) is 0 Å². The van der Waals surface area contributed by atoms with Crippen LogP contribution in [-0.2, 0) is 0 Å². The number of nitrogens with zero attached hydrogens (tertiary/aromatic N) is 3. The molecule has 0 bridgehead atoms. The normalized spacial score (nSPS) is 10.3. The van der Waals surface area contributed by atoms with E-state index in [-0.39, 0.29) is 5.91 Å². The molecule has 1 amide bonds. The van der Waals surface area contributed by atoms with Gasteiger partial charge in [-0.2, -0.15) is 0 Å². The highest BCUT2D eigenvalue weighted by Gasteiger charge is 2.13. The lowest BCUT2D eigenvalue weighted by Crippen LogP contribution is -2.23. The maximum atomic E-state index is 12.5. The van der Waals surface area contributed by atoms with Crippen LogP contribution in [0, 0.1) is 6.92 Å². The van der Waals surface area contributed by atoms with E-state index in [2.05, 4.69) is 22.2 Å². The van der Waals surface area contributed by atoms with E-state index in [9.17, 15) is 4.79 Å². The molecule has 1 heterocycles. The van der Waals surface area contributed by atoms with Crippen LogP contribution in [0.3, 0.4) is 0 Å². The Bertz CT molecular complexity index is 686. The first kappa shape index (κ1) is 17.7. The number of aromatic nitrogens is 2. The monoisotopic (exact) mass is 328 g/mol. The highest BCUT2D eigenvalue weighted by molar-refractivity contribution is 6.03. The summed E-state index contributed by atoms with van der Waals surface area (Å²) < 4.78 is 5.11. The number of aryl methyl sites for hydroxylation is 1. The Morgan fingerprint density at radius 1 is 1.25 bits per heavy atom. The number of carbonyl (C=O) groups excluding carboxylic acids is 1. The third-order valence-corrected chi connectivity index (χ3v) is 3.61. The van der Waals surface area contributed by atoms with Crippen LogP contribution in [0.5, 0.6) is 5.75 Å². The molecule has 0 aliphatic heterocycles. The Morgan fingerprint density at radius 2 is 1.96 bits per heavy atom. The fraction of sp³-hybridized carbons (Fsp3) is 0.389. The van der Waals surface area contributed by atoms with Crippen molar-refractivity contribution in [1.29, 1.82) is 0 Å². The zero-order chi connectivity index (χ0) is 17.5. The zero-order valence-electron chi connectivity index (χ0n) is 14.7. The topological polar surface area (TPSA) is 67.4 Å². The molecule has 0 radical (unpaired) electrons. The van der Waals surface area contributed by atoms with Crippen molar-refractivity contribution in [1.82, 2.24) is 9.97 Å². The lowest BCUT2D eigenvalue weighted by atomic mass is 10.2. The average Bonchev–Trinajstić information content (AvgIpc) is 2.59. The SMILES string of the molecule is CCCCN(C)c1nc(C)cc(C(=O)Nc2ccc(OC)cc2)n1. The van der Waals surface area contributed by atoms with Crippen molar-refractivity contribution >= 4 is 17.5 Å². The smallest absolute Gasteiger partial charge is 0.274 e. The number of hydrogen-bond donors (Lipinski definition) is 1. The molecule has 2 rings (SSSR count). The van der Waals surface area contributed by atoms with E-state index in [1.165, 1.54) is 0 Å². The molecule has 0 atom stereocenters. The minimum atomic E-state index is -0.254. The Hall–Kier alpha value is -2.63. The van der Waals surface area contributed by atoms with Gasteiger partial charge in [-0.1, -0.05) is 13.3 Å². The van der Waals surface area contributed by atoms with Crippen molar-refractivity contribution in [3.05, 3.63) is 41.7 Å². The summed E-state index contributed by atoms with van der Waals surface area (Å²) in [6.45, 7) is 4.86. The van der Waals surface area contributed by atoms with Gasteiger partial charge >= 0.3 is 0 Å². The van der Waals surface area contributed by atoms with Crippen LogP contribution in [0.4, 0.5) is 11.6 Å². The Kier molecular flexibility index (Phi) is 6.12. The average molecular weight is 328 g/mol. The van der Waals surface area contributed by atoms with E-state index in [0.29, 0.717) is 17.3 Å². The third-order valence-electron chi connectivity index (χ3n) is 3.61. The first-order chi connectivity index (χ1) is 11.5. The van der Waals surface area contributed by atoms with Crippen molar-refractivity contribution in [2.24, 2.45) is 0 Å². The summed E-state index contributed by atoms with van der Waals surface area (Å²) in [6.07, 6.45) is 2.15. The number of nitrogens with one attached hydrogen (secondary N) is 1. The second kappa shape index (κ2) is 8.29. The molecule has 0 spiro atoms. The number of benzene rings is 1. The fourth-order valence-corrected chi connectivity index (χ4v) is 2.20. The fourth-order valence-electron chi connectivity index (χ4n) is 2.20. The molecule has 2 aromatic rings. The van der Waals surface area contributed by atoms with E-state index in [1.807, 2.05) is 18.9 Å². The van der Waals surface area contributed by atoms with Crippen LogP contribution in [0.2, 0.25) is 0 Å². The van der Waals surface area contributed by atoms with Gasteiger partial charge in [0.05, 0.1) is 7.11 Å². The van der Waals surface area contributed by atoms with Crippen molar-refractivity contribution < 1.29 is 9.53 Å². The number of anilines is 2. The highest BCUT2D eigenvalue weighted by atomic mass is 16.5. The molecule has 6 heteroatoms. The summed E-state index contributed by atoms with van der Waals surface area (Å²) in [5, 5.41) is 2.84. The van der Waals surface area contributed by atoms with E-state index < -0.39 is 0 Å². The highest BCUT2D eigenvalue weighted by Crippen LogP contribution is 2.16. The predicted molar refractivity (Wildman–Crippen MR) is 95.9 cm³/mol. The zero-order valence-corrected chi connectivity index (χ0v) is 14.7. The minimum absolute atomic E-state index is 0.254. The molecule has 24 heavy (non-hydrogen) atoms. The molecule has 1 aromatic heterocycles. The molecule has 0 unspecified atom stereocenters. The number of carbonyl (C=O) groups is 1. The number of unbranched alkanes of at least 4 members (excludes halogenated alkanes) is 1. The number of amides is 1. The van der Waals surface area contributed by atoms with Crippen LogP contribution in [0.15, 0.2) is 30.3 Å². The molecular formula is C18H24N4O2. The number of rotatable bonds is 7. The molecule has 0 aliphatic rings. The Balaban J connectivity index is 2.14. The van der Waals surface area contributed by atoms with Crippen molar-refractivity contribution in [3.8, 4) is 5.75 Å². The van der Waals surface area contributed by atoms with Gasteiger partial charge in [0.25, 0.3) is 5.91 Å². The molecule has 0 saturated carbocycles. The quantitative estimate of drug-likeness (QED) is 0.845. The summed E-state index contributed by atoms with van der Waals surface area (Å²) in [7, 11) is 3.55. The van der Waals surface area contributed by atoms with Gasteiger partial charge in [0.2, 0.25) is 5.95 Å². The van der Waals surface area contributed by atoms with Crippen LogP contribution in [0.1, 0.15) is 35.9 Å². The summed E-state index contributed by atoms with van der Waals surface area (Å²) in [5.41, 5.74) is 1.82. The largest absolute Gasteiger partial charge is 0.497 e. The van der Waals surface area contributed by atoms with E-state index >= 15 is 0 Å². The van der Waals surface area contributed by atoms with Crippen molar-refractivity contribution in [3.63, 3.8) is 0 Å². The standard InChI is InChI=1S/C18H24N4O2/c1-5-6-11-22(3)18-19-13(2)12-16(21-18)17(23)20-14-7-9-15(24-4)10-8-14/h7-10,12H,5-6,11H2,1-4H3,(H,20,23). The second-order valence-electron chi connectivity index (χ2n) is 5.65. The molecule has 1 aromatic carbocycles. The number of ether oxygens (including phenoxy) is 1. The van der Waals surface area contributed by atoms with Crippen LogP contribution >= 0.6 is 0 Å². The lowest BCUT2D eigenvalue weighted by molar-refractivity contribution is 0.102. The van der Waals surface area contributed by atoms with E-state index in [1.54, 1.807) is 37.4 Å². The van der Waals surface area contributed by atoms with E-state index in [0.717, 1.165) is 30.8 Å². The number of methoxy groups -OCH3 is 1. The van der Waals surface area contributed by atoms with Gasteiger partial charge in [0, 0.05) is 25.0 Å². The minimum Gasteiger partial charge on any atom is -0.497 e. The van der Waals surface area contributed by atoms with Gasteiger partial charge in [0.15, 0.2) is 0 Å². The molecule has 0 aliphatic carbocycles. The molecule has 128 valence electrons. The molecule has 0 fully saturated rings. The second-order valence-corrected chi connectivity index (χ2v) is 5.65. The molecule has 6 nitrogen and oxygen atoms in total. The Labute approximate surface area is 142 Å². The molecule has 0 saturated heterocycles. The summed E-state index contributed by atoms with van der Waals surface area (Å²) in [4.78, 5) is 23.2. The van der Waals surface area contributed by atoms with Gasteiger partial charge < -0.3 is 15.0 Å². The predicted octanol–water partition coefficient (Wildman–Crippen LogP) is 3.28. The first-order valence-corrected chi connectivity index (χ1v) is 8.05. The maximum absolute atomic E-state index is 12.5. The van der Waals surface area contributed by atoms with Crippen molar-refractivity contribution in [2.45, 2.75) is 26.7 Å². The summed E-state index contributed by atoms with van der Waals surface area (Å²) in [5.74, 6) is 1.06. The van der Waals surface area contributed by atoms with Gasteiger partial charge in [0.1, 0.15) is 11.4 Å². The maximum Gasteiger partial charge on any atom is 0.274 e. The summed E-state index contributed by atoms with van der Waals surface area (Å²) in [6, 6.07) is 8.86.